The molecule has 1 amide bonds. The van der Waals surface area contributed by atoms with Crippen LogP contribution in [-0.4, -0.2) is 28.9 Å². The van der Waals surface area contributed by atoms with Crippen LogP contribution in [0.2, 0.25) is 0 Å². The fraction of sp³-hybridized carbons (Fsp3) is 0.529. The minimum absolute atomic E-state index is 0.107. The average Bonchev–Trinajstić information content (AvgIpc) is 3.17. The molecule has 0 aromatic heterocycles. The van der Waals surface area contributed by atoms with Crippen molar-refractivity contribution in [3.63, 3.8) is 0 Å². The van der Waals surface area contributed by atoms with Crippen LogP contribution < -0.4 is 0 Å². The molecule has 0 saturated heterocycles. The predicted molar refractivity (Wildman–Crippen MR) is 81.1 cm³/mol. The van der Waals surface area contributed by atoms with Gasteiger partial charge in [0.2, 0.25) is 0 Å². The lowest BCUT2D eigenvalue weighted by Crippen LogP contribution is -2.41. The van der Waals surface area contributed by atoms with Crippen molar-refractivity contribution in [2.45, 2.75) is 58.2 Å². The van der Waals surface area contributed by atoms with E-state index in [2.05, 4.69) is 0 Å². The van der Waals surface area contributed by atoms with E-state index in [0.717, 1.165) is 30.3 Å². The number of hydrogen-bond acceptors (Lipinski definition) is 3. The molecule has 1 aromatic rings. The Hall–Kier alpha value is -1.84. The zero-order valence-electron chi connectivity index (χ0n) is 13.1. The van der Waals surface area contributed by atoms with Crippen LogP contribution in [0.15, 0.2) is 24.3 Å². The third-order valence-corrected chi connectivity index (χ3v) is 3.36. The summed E-state index contributed by atoms with van der Waals surface area (Å²) in [6.45, 7) is 7.47. The van der Waals surface area contributed by atoms with Crippen LogP contribution in [-0.2, 0) is 9.53 Å². The van der Waals surface area contributed by atoms with Gasteiger partial charge in [-0.2, -0.15) is 0 Å². The molecule has 1 unspecified atom stereocenters. The summed E-state index contributed by atoms with van der Waals surface area (Å²) in [5, 5.41) is 0. The standard InChI is InChI=1S/C17H23NO3/c1-12-6-5-7-13(10-12)15(11-19)18(14-8-9-14)16(20)21-17(2,3)4/h5-7,10-11,14-15H,8-9H2,1-4H3. The highest BCUT2D eigenvalue weighted by Gasteiger charge is 2.40. The minimum Gasteiger partial charge on any atom is -0.444 e. The summed E-state index contributed by atoms with van der Waals surface area (Å²) in [7, 11) is 0. The van der Waals surface area contributed by atoms with E-state index in [1.54, 1.807) is 4.90 Å². The number of hydrogen-bond donors (Lipinski definition) is 0. The largest absolute Gasteiger partial charge is 0.444 e. The number of carbonyl (C=O) groups excluding carboxylic acids is 2. The van der Waals surface area contributed by atoms with Crippen LogP contribution in [0.5, 0.6) is 0 Å². The molecule has 1 aliphatic rings. The van der Waals surface area contributed by atoms with E-state index in [4.69, 9.17) is 4.74 Å². The molecule has 0 bridgehead atoms. The van der Waals surface area contributed by atoms with Gasteiger partial charge in [-0.05, 0) is 46.1 Å². The molecule has 114 valence electrons. The van der Waals surface area contributed by atoms with E-state index < -0.39 is 17.7 Å². The van der Waals surface area contributed by atoms with Crippen molar-refractivity contribution >= 4 is 12.4 Å². The SMILES string of the molecule is Cc1cccc(C(C=O)N(C(=O)OC(C)(C)C)C2CC2)c1. The topological polar surface area (TPSA) is 46.6 Å². The highest BCUT2D eigenvalue weighted by Crippen LogP contribution is 2.35. The molecule has 2 rings (SSSR count). The Morgan fingerprint density at radius 1 is 1.38 bits per heavy atom. The van der Waals surface area contributed by atoms with E-state index in [9.17, 15) is 9.59 Å². The molecule has 1 aliphatic carbocycles. The average molecular weight is 289 g/mol. The summed E-state index contributed by atoms with van der Waals surface area (Å²) in [5.41, 5.74) is 1.34. The van der Waals surface area contributed by atoms with Gasteiger partial charge in [-0.1, -0.05) is 29.8 Å². The van der Waals surface area contributed by atoms with Crippen molar-refractivity contribution in [3.05, 3.63) is 35.4 Å². The van der Waals surface area contributed by atoms with Gasteiger partial charge in [0, 0.05) is 6.04 Å². The molecule has 0 aliphatic heterocycles. The van der Waals surface area contributed by atoms with Crippen LogP contribution in [0, 0.1) is 6.92 Å². The van der Waals surface area contributed by atoms with Crippen LogP contribution >= 0.6 is 0 Å². The van der Waals surface area contributed by atoms with E-state index in [-0.39, 0.29) is 6.04 Å². The van der Waals surface area contributed by atoms with Crippen molar-refractivity contribution in [3.8, 4) is 0 Å². The monoisotopic (exact) mass is 289 g/mol. The summed E-state index contributed by atoms with van der Waals surface area (Å²) >= 11 is 0. The lowest BCUT2D eigenvalue weighted by molar-refractivity contribution is -0.113. The number of benzene rings is 1. The Bertz CT molecular complexity index is 529. The van der Waals surface area contributed by atoms with Crippen molar-refractivity contribution in [2.24, 2.45) is 0 Å². The van der Waals surface area contributed by atoms with Gasteiger partial charge in [0.15, 0.2) is 0 Å². The maximum absolute atomic E-state index is 12.4. The maximum atomic E-state index is 12.4. The van der Waals surface area contributed by atoms with Crippen LogP contribution in [0.25, 0.3) is 0 Å². The van der Waals surface area contributed by atoms with Gasteiger partial charge in [-0.15, -0.1) is 0 Å². The van der Waals surface area contributed by atoms with Gasteiger partial charge in [-0.25, -0.2) is 4.79 Å². The lowest BCUT2D eigenvalue weighted by Gasteiger charge is -2.31. The molecule has 21 heavy (non-hydrogen) atoms. The van der Waals surface area contributed by atoms with Gasteiger partial charge in [0.25, 0.3) is 0 Å². The second-order valence-corrected chi connectivity index (χ2v) is 6.61. The molecule has 1 atom stereocenters. The smallest absolute Gasteiger partial charge is 0.411 e. The molecule has 4 heteroatoms. The number of amides is 1. The Labute approximate surface area is 126 Å². The summed E-state index contributed by atoms with van der Waals surface area (Å²) < 4.78 is 5.46. The first kappa shape index (κ1) is 15.5. The molecule has 0 radical (unpaired) electrons. The predicted octanol–water partition coefficient (Wildman–Crippen LogP) is 3.63. The molecule has 1 saturated carbocycles. The van der Waals surface area contributed by atoms with E-state index in [0.29, 0.717) is 0 Å². The second-order valence-electron chi connectivity index (χ2n) is 6.61. The van der Waals surface area contributed by atoms with Crippen LogP contribution in [0.3, 0.4) is 0 Å². The molecule has 1 fully saturated rings. The van der Waals surface area contributed by atoms with Gasteiger partial charge >= 0.3 is 6.09 Å². The summed E-state index contributed by atoms with van der Waals surface area (Å²) in [5.74, 6) is 0. The number of nitrogens with zero attached hydrogens (tertiary/aromatic N) is 1. The zero-order valence-corrected chi connectivity index (χ0v) is 13.1. The zero-order chi connectivity index (χ0) is 15.6. The first-order valence-electron chi connectivity index (χ1n) is 7.35. The number of rotatable bonds is 4. The maximum Gasteiger partial charge on any atom is 0.411 e. The highest BCUT2D eigenvalue weighted by atomic mass is 16.6. The summed E-state index contributed by atoms with van der Waals surface area (Å²) in [6, 6.07) is 7.23. The summed E-state index contributed by atoms with van der Waals surface area (Å²) in [6.07, 6.45) is 2.27. The van der Waals surface area contributed by atoms with Crippen LogP contribution in [0.4, 0.5) is 4.79 Å². The van der Waals surface area contributed by atoms with Crippen molar-refractivity contribution in [1.82, 2.24) is 4.90 Å². The van der Waals surface area contributed by atoms with Gasteiger partial charge in [0.05, 0.1) is 0 Å². The van der Waals surface area contributed by atoms with Crippen molar-refractivity contribution < 1.29 is 14.3 Å². The number of carbonyl (C=O) groups is 2. The molecular weight excluding hydrogens is 266 g/mol. The first-order valence-corrected chi connectivity index (χ1v) is 7.35. The normalized spacial score (nSPS) is 16.2. The summed E-state index contributed by atoms with van der Waals surface area (Å²) in [4.78, 5) is 25.6. The third-order valence-electron chi connectivity index (χ3n) is 3.36. The Kier molecular flexibility index (Phi) is 4.35. The molecule has 0 N–H and O–H groups in total. The minimum atomic E-state index is -0.577. The fourth-order valence-corrected chi connectivity index (χ4v) is 2.32. The Morgan fingerprint density at radius 3 is 2.52 bits per heavy atom. The highest BCUT2D eigenvalue weighted by molar-refractivity contribution is 5.75. The van der Waals surface area contributed by atoms with E-state index >= 15 is 0 Å². The number of ether oxygens (including phenoxy) is 1. The Balaban J connectivity index is 2.27. The number of aryl methyl sites for hydroxylation is 1. The van der Waals surface area contributed by atoms with E-state index in [1.165, 1.54) is 0 Å². The fourth-order valence-electron chi connectivity index (χ4n) is 2.32. The first-order chi connectivity index (χ1) is 9.81. The van der Waals surface area contributed by atoms with Crippen LogP contribution in [0.1, 0.15) is 50.8 Å². The van der Waals surface area contributed by atoms with Gasteiger partial charge in [-0.3, -0.25) is 4.90 Å². The molecule has 0 heterocycles. The third kappa shape index (κ3) is 4.06. The van der Waals surface area contributed by atoms with E-state index in [1.807, 2.05) is 52.0 Å². The number of aldehydes is 1. The van der Waals surface area contributed by atoms with Crippen molar-refractivity contribution in [2.75, 3.05) is 0 Å². The molecular formula is C17H23NO3. The molecule has 0 spiro atoms. The molecule has 4 nitrogen and oxygen atoms in total. The van der Waals surface area contributed by atoms with Gasteiger partial charge < -0.3 is 9.53 Å². The lowest BCUT2D eigenvalue weighted by atomic mass is 10.0. The second kappa shape index (κ2) is 5.88. The molecule has 1 aromatic carbocycles. The van der Waals surface area contributed by atoms with Crippen molar-refractivity contribution in [1.29, 1.82) is 0 Å². The quantitative estimate of drug-likeness (QED) is 0.795. The van der Waals surface area contributed by atoms with Gasteiger partial charge in [0.1, 0.15) is 17.9 Å². The Morgan fingerprint density at radius 2 is 2.05 bits per heavy atom.